The molecule has 1 saturated carbocycles. The summed E-state index contributed by atoms with van der Waals surface area (Å²) in [6.45, 7) is 2.02. The number of fused-ring (bicyclic) bond motifs is 2. The van der Waals surface area contributed by atoms with Gasteiger partial charge in [-0.3, -0.25) is 18.6 Å². The maximum atomic E-state index is 13.9. The zero-order valence-electron chi connectivity index (χ0n) is 20.9. The highest BCUT2D eigenvalue weighted by molar-refractivity contribution is 7.86. The number of aryl methyl sites for hydroxylation is 1. The van der Waals surface area contributed by atoms with Crippen molar-refractivity contribution in [2.24, 2.45) is 17.4 Å². The lowest BCUT2D eigenvalue weighted by Gasteiger charge is -2.37. The number of ether oxygens (including phenoxy) is 1. The third-order valence-corrected chi connectivity index (χ3v) is 9.46. The predicted molar refractivity (Wildman–Crippen MR) is 136 cm³/mol. The smallest absolute Gasteiger partial charge is 0.405 e. The van der Waals surface area contributed by atoms with Crippen molar-refractivity contribution in [3.63, 3.8) is 0 Å². The standard InChI is InChI=1S/C26H34N4O6S/c1-17-10-12-19(13-11-17)37(35)26-16-18(26)8-5-3-2-4-6-9-20(36-24(28)34)21(31)30-15-7-14-25(30,22(27)32)23(33)29-26/h5,8,10-13,18,20H,2-4,6-7,9,14-16H2,1H3,(H2,27,32)(H2,28,34)(H,29,33)/b8-5-/t18?,20?,25?,26?,37-/m0/s1. The maximum Gasteiger partial charge on any atom is 0.405 e. The fourth-order valence-electron chi connectivity index (χ4n) is 5.36. The lowest BCUT2D eigenvalue weighted by Crippen LogP contribution is -2.67. The van der Waals surface area contributed by atoms with E-state index < -0.39 is 51.1 Å². The molecule has 1 aromatic rings. The van der Waals surface area contributed by atoms with E-state index in [1.54, 1.807) is 12.1 Å². The number of rotatable bonds is 4. The molecule has 0 bridgehead atoms. The molecule has 1 saturated heterocycles. The van der Waals surface area contributed by atoms with Gasteiger partial charge in [0.25, 0.3) is 17.7 Å². The molecule has 4 unspecified atom stereocenters. The van der Waals surface area contributed by atoms with Crippen molar-refractivity contribution in [2.45, 2.75) is 79.7 Å². The van der Waals surface area contributed by atoms with Crippen LogP contribution in [0.2, 0.25) is 0 Å². The average Bonchev–Trinajstić information content (AvgIpc) is 3.34. The normalized spacial score (nSPS) is 32.1. The second-order valence-electron chi connectivity index (χ2n) is 10.0. The van der Waals surface area contributed by atoms with Gasteiger partial charge in [-0.05, 0) is 64.0 Å². The van der Waals surface area contributed by atoms with E-state index in [-0.39, 0.29) is 25.3 Å². The molecule has 2 heterocycles. The Morgan fingerprint density at radius 3 is 2.51 bits per heavy atom. The van der Waals surface area contributed by atoms with Gasteiger partial charge in [-0.1, -0.05) is 36.3 Å². The van der Waals surface area contributed by atoms with Crippen LogP contribution in [0.15, 0.2) is 41.3 Å². The van der Waals surface area contributed by atoms with Gasteiger partial charge in [-0.2, -0.15) is 0 Å². The highest BCUT2D eigenvalue weighted by atomic mass is 32.2. The molecule has 5 N–H and O–H groups in total. The van der Waals surface area contributed by atoms with Crippen molar-refractivity contribution >= 4 is 34.6 Å². The molecule has 1 aliphatic carbocycles. The minimum atomic E-state index is -1.99. The fourth-order valence-corrected chi connectivity index (χ4v) is 7.03. The van der Waals surface area contributed by atoms with Crippen LogP contribution < -0.4 is 16.8 Å². The third-order valence-electron chi connectivity index (χ3n) is 7.52. The summed E-state index contributed by atoms with van der Waals surface area (Å²) in [6, 6.07) is 7.24. The molecule has 200 valence electrons. The summed E-state index contributed by atoms with van der Waals surface area (Å²) in [5, 5.41) is 2.90. The quantitative estimate of drug-likeness (QED) is 0.397. The maximum absolute atomic E-state index is 13.9. The van der Waals surface area contributed by atoms with Crippen LogP contribution in [0.3, 0.4) is 0 Å². The number of carbonyl (C=O) groups excluding carboxylic acids is 4. The predicted octanol–water partition coefficient (Wildman–Crippen LogP) is 1.77. The van der Waals surface area contributed by atoms with Crippen LogP contribution in [-0.2, 0) is 29.9 Å². The molecule has 5 atom stereocenters. The van der Waals surface area contributed by atoms with Crippen LogP contribution in [0.5, 0.6) is 0 Å². The van der Waals surface area contributed by atoms with Crippen molar-refractivity contribution < 1.29 is 28.1 Å². The number of nitrogens with zero attached hydrogens (tertiary/aromatic N) is 1. The average molecular weight is 531 g/mol. The minimum Gasteiger partial charge on any atom is -0.436 e. The second kappa shape index (κ2) is 10.6. The summed E-state index contributed by atoms with van der Waals surface area (Å²) in [5.74, 6) is -2.64. The number of allylic oxidation sites excluding steroid dienone is 1. The van der Waals surface area contributed by atoms with Crippen LogP contribution >= 0.6 is 0 Å². The molecule has 37 heavy (non-hydrogen) atoms. The number of nitrogens with two attached hydrogens (primary N) is 2. The zero-order chi connectivity index (χ0) is 26.8. The SMILES string of the molecule is Cc1ccc([S@](=O)C23CC2/C=C\CCCCCC(OC(N)=O)C(=O)N2CCCC2(C(N)=O)C(=O)N3)cc1. The fraction of sp³-hybridized carbons (Fsp3) is 0.538. The molecular weight excluding hydrogens is 496 g/mol. The molecule has 3 aliphatic rings. The van der Waals surface area contributed by atoms with E-state index in [2.05, 4.69) is 5.32 Å². The first-order valence-electron chi connectivity index (χ1n) is 12.7. The Morgan fingerprint density at radius 2 is 1.84 bits per heavy atom. The van der Waals surface area contributed by atoms with E-state index in [1.165, 1.54) is 0 Å². The Balaban J connectivity index is 1.73. The molecule has 1 aromatic carbocycles. The minimum absolute atomic E-state index is 0.0109. The highest BCUT2D eigenvalue weighted by Gasteiger charge is 2.64. The molecular formula is C26H34N4O6S. The number of hydrogen-bond donors (Lipinski definition) is 3. The van der Waals surface area contributed by atoms with Gasteiger partial charge in [0, 0.05) is 17.4 Å². The van der Waals surface area contributed by atoms with Crippen LogP contribution in [0.25, 0.3) is 0 Å². The lowest BCUT2D eigenvalue weighted by molar-refractivity contribution is -0.157. The van der Waals surface area contributed by atoms with Gasteiger partial charge >= 0.3 is 6.09 Å². The number of primary amides is 2. The van der Waals surface area contributed by atoms with Crippen molar-refractivity contribution in [3.05, 3.63) is 42.0 Å². The summed E-state index contributed by atoms with van der Waals surface area (Å²) in [4.78, 5) is 52.4. The molecule has 0 radical (unpaired) electrons. The summed E-state index contributed by atoms with van der Waals surface area (Å²) in [5.41, 5.74) is 10.0. The van der Waals surface area contributed by atoms with Gasteiger partial charge in [0.1, 0.15) is 4.87 Å². The Morgan fingerprint density at radius 1 is 1.11 bits per heavy atom. The molecule has 0 spiro atoms. The van der Waals surface area contributed by atoms with Gasteiger partial charge in [-0.25, -0.2) is 4.79 Å². The summed E-state index contributed by atoms with van der Waals surface area (Å²) in [6.07, 6.45) is 5.62. The van der Waals surface area contributed by atoms with E-state index in [9.17, 15) is 23.4 Å². The molecule has 2 aliphatic heterocycles. The first-order chi connectivity index (χ1) is 17.6. The van der Waals surface area contributed by atoms with Crippen molar-refractivity contribution in [3.8, 4) is 0 Å². The summed E-state index contributed by atoms with van der Waals surface area (Å²) >= 11 is 0. The molecule has 2 fully saturated rings. The second-order valence-corrected chi connectivity index (χ2v) is 11.8. The van der Waals surface area contributed by atoms with Gasteiger partial charge in [0.05, 0.1) is 10.8 Å². The van der Waals surface area contributed by atoms with Gasteiger partial charge in [-0.15, -0.1) is 0 Å². The largest absolute Gasteiger partial charge is 0.436 e. The van der Waals surface area contributed by atoms with Crippen LogP contribution in [0.1, 0.15) is 56.9 Å². The topological polar surface area (TPSA) is 162 Å². The van der Waals surface area contributed by atoms with E-state index in [1.807, 2.05) is 31.2 Å². The van der Waals surface area contributed by atoms with Crippen molar-refractivity contribution in [2.75, 3.05) is 6.54 Å². The van der Waals surface area contributed by atoms with Gasteiger partial charge in [0.2, 0.25) is 5.54 Å². The van der Waals surface area contributed by atoms with E-state index in [4.69, 9.17) is 16.2 Å². The number of hydrogen-bond acceptors (Lipinski definition) is 6. The van der Waals surface area contributed by atoms with E-state index in [0.29, 0.717) is 24.2 Å². The van der Waals surface area contributed by atoms with Gasteiger partial charge < -0.3 is 26.4 Å². The number of carbonyl (C=O) groups is 4. The highest BCUT2D eigenvalue weighted by Crippen LogP contribution is 2.50. The zero-order valence-corrected chi connectivity index (χ0v) is 21.8. The molecule has 0 aromatic heterocycles. The lowest BCUT2D eigenvalue weighted by atomic mass is 9.92. The Hall–Kier alpha value is -3.21. The first kappa shape index (κ1) is 26.8. The number of amides is 4. The first-order valence-corrected chi connectivity index (χ1v) is 13.8. The van der Waals surface area contributed by atoms with Crippen LogP contribution in [0, 0.1) is 12.8 Å². The molecule has 4 rings (SSSR count). The number of nitrogens with one attached hydrogen (secondary N) is 1. The Bertz CT molecular complexity index is 1140. The van der Waals surface area contributed by atoms with E-state index in [0.717, 1.165) is 29.7 Å². The summed E-state index contributed by atoms with van der Waals surface area (Å²) < 4.78 is 18.9. The Labute approximate surface area is 218 Å². The van der Waals surface area contributed by atoms with Crippen molar-refractivity contribution in [1.29, 1.82) is 0 Å². The van der Waals surface area contributed by atoms with Crippen LogP contribution in [0.4, 0.5) is 4.79 Å². The van der Waals surface area contributed by atoms with Crippen LogP contribution in [-0.4, -0.2) is 56.0 Å². The van der Waals surface area contributed by atoms with Gasteiger partial charge in [0.15, 0.2) is 6.10 Å². The molecule has 11 heteroatoms. The summed E-state index contributed by atoms with van der Waals surface area (Å²) in [7, 11) is -1.63. The van der Waals surface area contributed by atoms with Crippen molar-refractivity contribution in [1.82, 2.24) is 10.2 Å². The third kappa shape index (κ3) is 5.14. The molecule has 10 nitrogen and oxygen atoms in total. The Kier molecular flexibility index (Phi) is 7.72. The van der Waals surface area contributed by atoms with E-state index >= 15 is 0 Å². The molecule has 4 amide bonds. The monoisotopic (exact) mass is 530 g/mol. The number of benzene rings is 1.